The molecule has 0 fully saturated rings. The lowest BCUT2D eigenvalue weighted by atomic mass is 9.91. The van der Waals surface area contributed by atoms with E-state index in [9.17, 15) is 14.0 Å². The molecule has 0 aliphatic carbocycles. The van der Waals surface area contributed by atoms with Gasteiger partial charge in [-0.25, -0.2) is 4.39 Å². The van der Waals surface area contributed by atoms with Gasteiger partial charge in [0.25, 0.3) is 0 Å². The third kappa shape index (κ3) is 2.76. The highest BCUT2D eigenvalue weighted by Crippen LogP contribution is 2.42. The Morgan fingerprint density at radius 2 is 2.08 bits per heavy atom. The number of nitrogens with one attached hydrogen (secondary N) is 2. The minimum absolute atomic E-state index is 0.226. The summed E-state index contributed by atoms with van der Waals surface area (Å²) in [5.74, 6) is -1.49. The molecular weight excluding hydrogens is 309 g/mol. The first kappa shape index (κ1) is 16.1. The SMILES string of the molecule is CC1C(=O)Nc2cccc(NC(=O)[C@H](C)N)c2-c2ccc(F)cc21. The fourth-order valence-corrected chi connectivity index (χ4v) is 2.80. The van der Waals surface area contributed by atoms with E-state index >= 15 is 0 Å². The van der Waals surface area contributed by atoms with Gasteiger partial charge in [0.15, 0.2) is 0 Å². The maximum atomic E-state index is 13.7. The molecule has 2 aromatic carbocycles. The van der Waals surface area contributed by atoms with Crippen molar-refractivity contribution < 1.29 is 14.0 Å². The summed E-state index contributed by atoms with van der Waals surface area (Å²) in [4.78, 5) is 24.3. The van der Waals surface area contributed by atoms with Crippen LogP contribution in [-0.4, -0.2) is 17.9 Å². The molecule has 0 spiro atoms. The second-order valence-corrected chi connectivity index (χ2v) is 5.95. The summed E-state index contributed by atoms with van der Waals surface area (Å²) >= 11 is 0. The van der Waals surface area contributed by atoms with E-state index in [0.717, 1.165) is 0 Å². The highest BCUT2D eigenvalue weighted by Gasteiger charge is 2.27. The van der Waals surface area contributed by atoms with Crippen molar-refractivity contribution in [2.75, 3.05) is 10.6 Å². The van der Waals surface area contributed by atoms with Gasteiger partial charge in [0, 0.05) is 5.56 Å². The molecule has 1 heterocycles. The number of hydrogen-bond acceptors (Lipinski definition) is 3. The van der Waals surface area contributed by atoms with E-state index in [1.54, 1.807) is 38.1 Å². The van der Waals surface area contributed by atoms with Crippen molar-refractivity contribution in [1.29, 1.82) is 0 Å². The zero-order valence-corrected chi connectivity index (χ0v) is 13.4. The lowest BCUT2D eigenvalue weighted by Gasteiger charge is -2.16. The van der Waals surface area contributed by atoms with Crippen molar-refractivity contribution in [3.8, 4) is 11.1 Å². The highest BCUT2D eigenvalue weighted by molar-refractivity contribution is 6.08. The summed E-state index contributed by atoms with van der Waals surface area (Å²) in [5, 5.41) is 5.61. The van der Waals surface area contributed by atoms with Crippen LogP contribution in [0.5, 0.6) is 0 Å². The molecule has 4 N–H and O–H groups in total. The minimum Gasteiger partial charge on any atom is -0.325 e. The topological polar surface area (TPSA) is 84.2 Å². The molecule has 2 amide bonds. The zero-order valence-electron chi connectivity index (χ0n) is 13.4. The molecule has 1 unspecified atom stereocenters. The predicted octanol–water partition coefficient (Wildman–Crippen LogP) is 2.83. The molecule has 124 valence electrons. The molecule has 5 nitrogen and oxygen atoms in total. The fraction of sp³-hybridized carbons (Fsp3) is 0.222. The van der Waals surface area contributed by atoms with Crippen molar-refractivity contribution in [1.82, 2.24) is 0 Å². The quantitative estimate of drug-likeness (QED) is 0.793. The van der Waals surface area contributed by atoms with Gasteiger partial charge < -0.3 is 16.4 Å². The minimum atomic E-state index is -0.673. The molecule has 0 saturated heterocycles. The summed E-state index contributed by atoms with van der Waals surface area (Å²) < 4.78 is 13.7. The molecule has 0 aromatic heterocycles. The van der Waals surface area contributed by atoms with Crippen molar-refractivity contribution in [3.63, 3.8) is 0 Å². The summed E-state index contributed by atoms with van der Waals surface area (Å²) in [5.41, 5.74) is 8.65. The average molecular weight is 327 g/mol. The number of benzene rings is 2. The van der Waals surface area contributed by atoms with Gasteiger partial charge in [-0.2, -0.15) is 0 Å². The van der Waals surface area contributed by atoms with Crippen molar-refractivity contribution >= 4 is 23.2 Å². The Labute approximate surface area is 139 Å². The predicted molar refractivity (Wildman–Crippen MR) is 91.2 cm³/mol. The van der Waals surface area contributed by atoms with Gasteiger partial charge in [0.1, 0.15) is 5.82 Å². The standard InChI is InChI=1S/C18H18FN3O2/c1-9-13-8-11(19)6-7-12(13)16-14(21-17(9)23)4-3-5-15(16)22-18(24)10(2)20/h3-10H,20H2,1-2H3,(H,21,23)(H,22,24)/t9?,10-/m0/s1. The van der Waals surface area contributed by atoms with Crippen LogP contribution in [0.4, 0.5) is 15.8 Å². The number of carbonyl (C=O) groups excluding carboxylic acids is 2. The van der Waals surface area contributed by atoms with E-state index in [0.29, 0.717) is 28.1 Å². The maximum absolute atomic E-state index is 13.7. The number of halogens is 1. The third-order valence-corrected chi connectivity index (χ3v) is 4.14. The lowest BCUT2D eigenvalue weighted by Crippen LogP contribution is -2.32. The van der Waals surface area contributed by atoms with Gasteiger partial charge in [-0.05, 0) is 49.2 Å². The molecule has 3 rings (SSSR count). The molecule has 0 radical (unpaired) electrons. The highest BCUT2D eigenvalue weighted by atomic mass is 19.1. The first-order valence-electron chi connectivity index (χ1n) is 7.68. The Hall–Kier alpha value is -2.73. The van der Waals surface area contributed by atoms with E-state index in [1.807, 2.05) is 0 Å². The second kappa shape index (κ2) is 6.05. The number of rotatable bonds is 2. The molecular formula is C18H18FN3O2. The van der Waals surface area contributed by atoms with Crippen LogP contribution >= 0.6 is 0 Å². The number of carbonyl (C=O) groups is 2. The normalized spacial score (nSPS) is 17.2. The summed E-state index contributed by atoms with van der Waals surface area (Å²) in [6, 6.07) is 8.87. The number of fused-ring (bicyclic) bond motifs is 3. The van der Waals surface area contributed by atoms with Gasteiger partial charge in [-0.3, -0.25) is 9.59 Å². The number of hydrogen-bond donors (Lipinski definition) is 3. The van der Waals surface area contributed by atoms with E-state index in [-0.39, 0.29) is 11.8 Å². The smallest absolute Gasteiger partial charge is 0.241 e. The number of nitrogens with two attached hydrogens (primary N) is 1. The van der Waals surface area contributed by atoms with Crippen LogP contribution in [-0.2, 0) is 9.59 Å². The second-order valence-electron chi connectivity index (χ2n) is 5.95. The van der Waals surface area contributed by atoms with Crippen LogP contribution in [0.2, 0.25) is 0 Å². The van der Waals surface area contributed by atoms with Gasteiger partial charge in [-0.15, -0.1) is 0 Å². The number of amides is 2. The summed E-state index contributed by atoms with van der Waals surface area (Å²) in [6.07, 6.45) is 0. The molecule has 2 aromatic rings. The molecule has 0 saturated carbocycles. The number of anilines is 2. The van der Waals surface area contributed by atoms with E-state index in [4.69, 9.17) is 5.73 Å². The van der Waals surface area contributed by atoms with Crippen molar-refractivity contribution in [2.24, 2.45) is 5.73 Å². The monoisotopic (exact) mass is 327 g/mol. The Morgan fingerprint density at radius 3 is 2.79 bits per heavy atom. The van der Waals surface area contributed by atoms with Crippen LogP contribution < -0.4 is 16.4 Å². The van der Waals surface area contributed by atoms with Gasteiger partial charge in [0.2, 0.25) is 11.8 Å². The van der Waals surface area contributed by atoms with Crippen LogP contribution in [0.3, 0.4) is 0 Å². The van der Waals surface area contributed by atoms with Crippen LogP contribution in [0.15, 0.2) is 36.4 Å². The van der Waals surface area contributed by atoms with Crippen LogP contribution in [0, 0.1) is 5.82 Å². The fourth-order valence-electron chi connectivity index (χ4n) is 2.80. The summed E-state index contributed by atoms with van der Waals surface area (Å²) in [6.45, 7) is 3.31. The zero-order chi connectivity index (χ0) is 17.4. The summed E-state index contributed by atoms with van der Waals surface area (Å²) in [7, 11) is 0. The van der Waals surface area contributed by atoms with E-state index in [1.165, 1.54) is 12.1 Å². The Balaban J connectivity index is 2.23. The van der Waals surface area contributed by atoms with Gasteiger partial charge in [0.05, 0.1) is 23.3 Å². The largest absolute Gasteiger partial charge is 0.325 e. The Morgan fingerprint density at radius 1 is 1.33 bits per heavy atom. The molecule has 2 atom stereocenters. The van der Waals surface area contributed by atoms with Crippen LogP contribution in [0.1, 0.15) is 25.3 Å². The molecule has 0 bridgehead atoms. The Kier molecular flexibility index (Phi) is 4.07. The average Bonchev–Trinajstić information content (AvgIpc) is 2.64. The van der Waals surface area contributed by atoms with Crippen molar-refractivity contribution in [3.05, 3.63) is 47.8 Å². The van der Waals surface area contributed by atoms with Gasteiger partial charge >= 0.3 is 0 Å². The van der Waals surface area contributed by atoms with Crippen LogP contribution in [0.25, 0.3) is 11.1 Å². The molecule has 6 heteroatoms. The van der Waals surface area contributed by atoms with Gasteiger partial charge in [-0.1, -0.05) is 12.1 Å². The maximum Gasteiger partial charge on any atom is 0.241 e. The van der Waals surface area contributed by atoms with E-state index in [2.05, 4.69) is 10.6 Å². The van der Waals surface area contributed by atoms with E-state index < -0.39 is 17.8 Å². The Bertz CT molecular complexity index is 833. The molecule has 1 aliphatic heterocycles. The first-order valence-corrected chi connectivity index (χ1v) is 7.68. The molecule has 1 aliphatic rings. The lowest BCUT2D eigenvalue weighted by molar-refractivity contribution is -0.117. The van der Waals surface area contributed by atoms with Crippen molar-refractivity contribution in [2.45, 2.75) is 25.8 Å². The first-order chi connectivity index (χ1) is 11.4. The third-order valence-electron chi connectivity index (χ3n) is 4.14. The molecule has 24 heavy (non-hydrogen) atoms.